The molecule has 0 radical (unpaired) electrons. The molecule has 2 nitrogen and oxygen atoms in total. The van der Waals surface area contributed by atoms with Crippen LogP contribution < -0.4 is 5.32 Å². The molecule has 2 heteroatoms. The van der Waals surface area contributed by atoms with Crippen LogP contribution in [0.25, 0.3) is 0 Å². The van der Waals surface area contributed by atoms with Crippen LogP contribution in [0.2, 0.25) is 0 Å². The number of aliphatic hydroxyl groups excluding tert-OH is 1. The van der Waals surface area contributed by atoms with E-state index in [0.29, 0.717) is 6.54 Å². The molecule has 0 aliphatic heterocycles. The second kappa shape index (κ2) is 6.18. The Hall–Kier alpha value is -0.860. The fourth-order valence-corrected chi connectivity index (χ4v) is 1.72. The second-order valence-electron chi connectivity index (χ2n) is 5.64. The van der Waals surface area contributed by atoms with Crippen LogP contribution in [-0.2, 0) is 6.42 Å². The summed E-state index contributed by atoms with van der Waals surface area (Å²) in [6, 6.07) is 8.28. The Labute approximate surface area is 105 Å². The van der Waals surface area contributed by atoms with Gasteiger partial charge in [0.05, 0.1) is 6.10 Å². The second-order valence-corrected chi connectivity index (χ2v) is 5.64. The molecule has 1 rings (SSSR count). The van der Waals surface area contributed by atoms with Crippen molar-refractivity contribution in [1.82, 2.24) is 5.32 Å². The van der Waals surface area contributed by atoms with Crippen molar-refractivity contribution in [3.05, 3.63) is 35.4 Å². The van der Waals surface area contributed by atoms with Gasteiger partial charge in [0, 0.05) is 12.1 Å². The maximum absolute atomic E-state index is 10.0. The summed E-state index contributed by atoms with van der Waals surface area (Å²) in [5, 5.41) is 13.4. The molecule has 2 N–H and O–H groups in total. The lowest BCUT2D eigenvalue weighted by atomic mass is 10.0. The molecule has 0 heterocycles. The van der Waals surface area contributed by atoms with Gasteiger partial charge in [0.2, 0.25) is 0 Å². The lowest BCUT2D eigenvalue weighted by Crippen LogP contribution is -2.38. The SMILES string of the molecule is CCCc1ccc(C(O)CNC(C)(C)C)cc1. The number of benzene rings is 1. The van der Waals surface area contributed by atoms with Gasteiger partial charge < -0.3 is 10.4 Å². The standard InChI is InChI=1S/C15H25NO/c1-5-6-12-7-9-13(10-8-12)14(17)11-16-15(2,3)4/h7-10,14,16-17H,5-6,11H2,1-4H3. The molecule has 1 aromatic rings. The molecule has 0 bridgehead atoms. The molecule has 96 valence electrons. The Kier molecular flexibility index (Phi) is 5.16. The normalized spacial score (nSPS) is 13.7. The number of aliphatic hydroxyl groups is 1. The van der Waals surface area contributed by atoms with Gasteiger partial charge in [-0.05, 0) is 38.3 Å². The molecule has 0 amide bonds. The smallest absolute Gasteiger partial charge is 0.0914 e. The number of hydrogen-bond donors (Lipinski definition) is 2. The fourth-order valence-electron chi connectivity index (χ4n) is 1.72. The van der Waals surface area contributed by atoms with Crippen LogP contribution in [0.4, 0.5) is 0 Å². The molecular formula is C15H25NO. The number of rotatable bonds is 5. The predicted molar refractivity (Wildman–Crippen MR) is 73.2 cm³/mol. The van der Waals surface area contributed by atoms with Crippen LogP contribution in [0.15, 0.2) is 24.3 Å². The Balaban J connectivity index is 2.54. The minimum atomic E-state index is -0.426. The lowest BCUT2D eigenvalue weighted by molar-refractivity contribution is 0.163. The van der Waals surface area contributed by atoms with Gasteiger partial charge in [0.15, 0.2) is 0 Å². The zero-order chi connectivity index (χ0) is 12.9. The molecule has 1 unspecified atom stereocenters. The zero-order valence-electron chi connectivity index (χ0n) is 11.5. The first kappa shape index (κ1) is 14.2. The summed E-state index contributed by atoms with van der Waals surface area (Å²) in [4.78, 5) is 0. The van der Waals surface area contributed by atoms with E-state index in [1.165, 1.54) is 5.56 Å². The molecule has 0 saturated heterocycles. The van der Waals surface area contributed by atoms with Gasteiger partial charge in [-0.2, -0.15) is 0 Å². The molecule has 0 spiro atoms. The van der Waals surface area contributed by atoms with Crippen molar-refractivity contribution in [3.63, 3.8) is 0 Å². The van der Waals surface area contributed by atoms with Crippen LogP contribution in [0.3, 0.4) is 0 Å². The summed E-state index contributed by atoms with van der Waals surface area (Å²) in [6.07, 6.45) is 1.84. The highest BCUT2D eigenvalue weighted by atomic mass is 16.3. The van der Waals surface area contributed by atoms with Gasteiger partial charge in [-0.25, -0.2) is 0 Å². The van der Waals surface area contributed by atoms with Gasteiger partial charge in [-0.1, -0.05) is 37.6 Å². The topological polar surface area (TPSA) is 32.3 Å². The van der Waals surface area contributed by atoms with Crippen molar-refractivity contribution in [2.24, 2.45) is 0 Å². The van der Waals surface area contributed by atoms with Crippen molar-refractivity contribution < 1.29 is 5.11 Å². The quantitative estimate of drug-likeness (QED) is 0.822. The first-order chi connectivity index (χ1) is 7.92. The van der Waals surface area contributed by atoms with Gasteiger partial charge in [0.25, 0.3) is 0 Å². The average Bonchev–Trinajstić information content (AvgIpc) is 2.26. The summed E-state index contributed by atoms with van der Waals surface area (Å²) < 4.78 is 0. The van der Waals surface area contributed by atoms with Crippen molar-refractivity contribution in [1.29, 1.82) is 0 Å². The number of nitrogens with one attached hydrogen (secondary N) is 1. The van der Waals surface area contributed by atoms with Gasteiger partial charge in [-0.3, -0.25) is 0 Å². The number of hydrogen-bond acceptors (Lipinski definition) is 2. The highest BCUT2D eigenvalue weighted by Crippen LogP contribution is 2.15. The molecular weight excluding hydrogens is 210 g/mol. The highest BCUT2D eigenvalue weighted by Gasteiger charge is 2.13. The third-order valence-electron chi connectivity index (χ3n) is 2.73. The Bertz CT molecular complexity index is 324. The average molecular weight is 235 g/mol. The number of aryl methyl sites for hydroxylation is 1. The Morgan fingerprint density at radius 1 is 1.18 bits per heavy atom. The van der Waals surface area contributed by atoms with Crippen LogP contribution >= 0.6 is 0 Å². The van der Waals surface area contributed by atoms with E-state index in [0.717, 1.165) is 18.4 Å². The maximum atomic E-state index is 10.0. The molecule has 0 aliphatic rings. The van der Waals surface area contributed by atoms with Crippen molar-refractivity contribution in [2.45, 2.75) is 52.2 Å². The van der Waals surface area contributed by atoms with E-state index in [1.54, 1.807) is 0 Å². The third kappa shape index (κ3) is 5.33. The lowest BCUT2D eigenvalue weighted by Gasteiger charge is -2.23. The van der Waals surface area contributed by atoms with Gasteiger partial charge in [-0.15, -0.1) is 0 Å². The maximum Gasteiger partial charge on any atom is 0.0914 e. The van der Waals surface area contributed by atoms with Crippen LogP contribution in [0, 0.1) is 0 Å². The summed E-state index contributed by atoms with van der Waals surface area (Å²) >= 11 is 0. The van der Waals surface area contributed by atoms with Gasteiger partial charge in [0.1, 0.15) is 0 Å². The molecule has 0 aromatic heterocycles. The van der Waals surface area contributed by atoms with Crippen molar-refractivity contribution >= 4 is 0 Å². The molecule has 1 atom stereocenters. The minimum Gasteiger partial charge on any atom is -0.387 e. The Morgan fingerprint density at radius 2 is 1.76 bits per heavy atom. The number of β-amino-alcohol motifs (C(OH)–C–C–N with tert-alkyl or cyclic N) is 1. The Morgan fingerprint density at radius 3 is 2.24 bits per heavy atom. The van der Waals surface area contributed by atoms with E-state index in [2.05, 4.69) is 45.1 Å². The molecule has 0 aliphatic carbocycles. The summed E-state index contributed by atoms with van der Waals surface area (Å²) in [7, 11) is 0. The van der Waals surface area contributed by atoms with E-state index in [1.807, 2.05) is 12.1 Å². The summed E-state index contributed by atoms with van der Waals surface area (Å²) in [5.41, 5.74) is 2.37. The first-order valence-corrected chi connectivity index (χ1v) is 6.44. The summed E-state index contributed by atoms with van der Waals surface area (Å²) in [5.74, 6) is 0. The molecule has 1 aromatic carbocycles. The van der Waals surface area contributed by atoms with Crippen LogP contribution in [0.1, 0.15) is 51.3 Å². The van der Waals surface area contributed by atoms with Crippen molar-refractivity contribution in [3.8, 4) is 0 Å². The minimum absolute atomic E-state index is 0.0448. The van der Waals surface area contributed by atoms with Crippen LogP contribution in [-0.4, -0.2) is 17.2 Å². The van der Waals surface area contributed by atoms with Gasteiger partial charge >= 0.3 is 0 Å². The van der Waals surface area contributed by atoms with E-state index >= 15 is 0 Å². The first-order valence-electron chi connectivity index (χ1n) is 6.44. The molecule has 0 fully saturated rings. The predicted octanol–water partition coefficient (Wildman–Crippen LogP) is 3.06. The zero-order valence-corrected chi connectivity index (χ0v) is 11.5. The van der Waals surface area contributed by atoms with E-state index < -0.39 is 6.10 Å². The largest absolute Gasteiger partial charge is 0.387 e. The van der Waals surface area contributed by atoms with E-state index in [-0.39, 0.29) is 5.54 Å². The van der Waals surface area contributed by atoms with Crippen LogP contribution in [0.5, 0.6) is 0 Å². The van der Waals surface area contributed by atoms with Crippen molar-refractivity contribution in [2.75, 3.05) is 6.54 Å². The fraction of sp³-hybridized carbons (Fsp3) is 0.600. The summed E-state index contributed by atoms with van der Waals surface area (Å²) in [6.45, 7) is 9.07. The van der Waals surface area contributed by atoms with E-state index in [4.69, 9.17) is 0 Å². The molecule has 0 saturated carbocycles. The highest BCUT2D eigenvalue weighted by molar-refractivity contribution is 5.24. The van der Waals surface area contributed by atoms with E-state index in [9.17, 15) is 5.11 Å². The monoisotopic (exact) mass is 235 g/mol. The molecule has 17 heavy (non-hydrogen) atoms. The third-order valence-corrected chi connectivity index (χ3v) is 2.73.